The minimum atomic E-state index is 0.0303. The molecule has 6 nitrogen and oxygen atoms in total. The highest BCUT2D eigenvalue weighted by atomic mass is 35.5. The smallest absolute Gasteiger partial charge is 0.0887 e. The van der Waals surface area contributed by atoms with Gasteiger partial charge in [0.25, 0.3) is 0 Å². The molecule has 1 N–H and O–H groups in total. The number of rotatable bonds is 22. The van der Waals surface area contributed by atoms with Gasteiger partial charge in [-0.3, -0.25) is 0 Å². The van der Waals surface area contributed by atoms with Crippen LogP contribution in [0.3, 0.4) is 0 Å². The van der Waals surface area contributed by atoms with E-state index in [0.29, 0.717) is 15.1 Å². The van der Waals surface area contributed by atoms with Crippen molar-refractivity contribution in [2.75, 3.05) is 29.8 Å². The third-order valence-electron chi connectivity index (χ3n) is 21.1. The molecule has 0 saturated heterocycles. The topological polar surface area (TPSA) is 28.2 Å². The lowest BCUT2D eigenvalue weighted by Gasteiger charge is -2.33. The standard InChI is InChI=1S/C57H62ClN3.C31H24Cl2N2.C20H27N/c1-9-10-11-14-20-43-27-33-48(34-28-43)61(52-26-19-25-51(41-52)59(46-21-15-12-16-22-46)47-23-17-13-18-24-47)54-40-42(2)39-53(55(54)58)60(49-35-29-44(30-36-49)56(3,4)5)50-37-31-45(32-38-50)57(6,7)8;1-23-20-29(32)31(33)30(21-23)35(26-16-9-4-10-17-26)28-19-11-18-27(22-28)34(24-12-5-2-6-13-24)25-14-7-3-8-15-25;1-19(2,3)15-7-11-17(12-8-15)21-18-13-9-16(10-14-18)20(4,5)6/h12-13,15-19,21-41H,9-11,14,20H2,1-8H3;2-22H,1H3;7-14,21H,1-6H3. The molecular weight excluding hydrogens is 1490 g/mol. The van der Waals surface area contributed by atoms with Crippen LogP contribution in [-0.2, 0) is 28.1 Å². The van der Waals surface area contributed by atoms with Gasteiger partial charge < -0.3 is 29.8 Å². The lowest BCUT2D eigenvalue weighted by Crippen LogP contribution is -2.17. The summed E-state index contributed by atoms with van der Waals surface area (Å²) in [6, 6.07) is 122. The van der Waals surface area contributed by atoms with E-state index in [1.54, 1.807) is 0 Å². The number of unbranched alkanes of at least 4 members (excludes halogenated alkanes) is 3. The van der Waals surface area contributed by atoms with E-state index < -0.39 is 0 Å². The third kappa shape index (κ3) is 21.9. The molecule has 9 heteroatoms. The van der Waals surface area contributed by atoms with Crippen molar-refractivity contribution in [2.24, 2.45) is 0 Å². The highest BCUT2D eigenvalue weighted by Gasteiger charge is 2.28. The number of aryl methyl sites for hydroxylation is 3. The molecule has 0 saturated carbocycles. The minimum absolute atomic E-state index is 0.0303. The summed E-state index contributed by atoms with van der Waals surface area (Å²) in [5.74, 6) is 0. The minimum Gasteiger partial charge on any atom is -0.356 e. The lowest BCUT2D eigenvalue weighted by molar-refractivity contribution is 0.590. The molecule has 596 valence electrons. The fourth-order valence-corrected chi connectivity index (χ4v) is 15.3. The predicted octanol–water partition coefficient (Wildman–Crippen LogP) is 34.0. The van der Waals surface area contributed by atoms with Crippen LogP contribution in [0.2, 0.25) is 15.1 Å². The van der Waals surface area contributed by atoms with Crippen molar-refractivity contribution < 1.29 is 0 Å². The fraction of sp³-hybridized carbons (Fsp3) is 0.222. The van der Waals surface area contributed by atoms with Crippen molar-refractivity contribution in [3.63, 3.8) is 0 Å². The number of para-hydroxylation sites is 5. The predicted molar refractivity (Wildman–Crippen MR) is 510 cm³/mol. The highest BCUT2D eigenvalue weighted by molar-refractivity contribution is 6.44. The molecule has 0 heterocycles. The van der Waals surface area contributed by atoms with E-state index in [2.05, 4.69) is 436 Å². The summed E-state index contributed by atoms with van der Waals surface area (Å²) in [5, 5.41) is 5.19. The number of nitrogens with one attached hydrogen (secondary N) is 1. The van der Waals surface area contributed by atoms with Gasteiger partial charge in [-0.1, -0.05) is 308 Å². The fourth-order valence-electron chi connectivity index (χ4n) is 14.6. The summed E-state index contributed by atoms with van der Waals surface area (Å²) in [6.07, 6.45) is 6.04. The number of hydrogen-bond donors (Lipinski definition) is 1. The monoisotopic (exact) mass is 1600 g/mol. The van der Waals surface area contributed by atoms with Crippen LogP contribution in [0.15, 0.2) is 346 Å². The van der Waals surface area contributed by atoms with Gasteiger partial charge in [0, 0.05) is 79.6 Å². The Hall–Kier alpha value is -11.3. The van der Waals surface area contributed by atoms with Crippen LogP contribution in [0.5, 0.6) is 0 Å². The van der Waals surface area contributed by atoms with Gasteiger partial charge in [-0.25, -0.2) is 0 Å². The molecule has 0 bridgehead atoms. The van der Waals surface area contributed by atoms with Crippen LogP contribution in [0.4, 0.5) is 96.7 Å². The number of nitrogens with zero attached hydrogens (tertiary/aromatic N) is 5. The first-order valence-electron chi connectivity index (χ1n) is 41.1. The van der Waals surface area contributed by atoms with Crippen LogP contribution in [0.1, 0.15) is 155 Å². The Balaban J connectivity index is 0.000000187. The van der Waals surface area contributed by atoms with Gasteiger partial charge in [-0.05, 0) is 269 Å². The zero-order valence-corrected chi connectivity index (χ0v) is 73.1. The maximum Gasteiger partial charge on any atom is 0.0887 e. The Morgan fingerprint density at radius 1 is 0.248 bits per heavy atom. The van der Waals surface area contributed by atoms with E-state index in [9.17, 15) is 0 Å². The normalized spacial score (nSPS) is 11.5. The quantitative estimate of drug-likeness (QED) is 0.0680. The van der Waals surface area contributed by atoms with Crippen molar-refractivity contribution in [1.82, 2.24) is 0 Å². The Labute approximate surface area is 713 Å². The largest absolute Gasteiger partial charge is 0.356 e. The third-order valence-corrected chi connectivity index (χ3v) is 22.3. The maximum absolute atomic E-state index is 7.91. The van der Waals surface area contributed by atoms with E-state index in [1.165, 1.54) is 53.5 Å². The Bertz CT molecular complexity index is 5290. The van der Waals surface area contributed by atoms with Crippen LogP contribution in [0.25, 0.3) is 0 Å². The summed E-state index contributed by atoms with van der Waals surface area (Å²) in [7, 11) is 0. The lowest BCUT2D eigenvalue weighted by atomic mass is 9.86. The molecule has 0 amide bonds. The molecule has 14 aromatic carbocycles. The SMILES string of the molecule is CC(C)(C)c1ccc(Nc2ccc(C(C)(C)C)cc2)cc1.CCCCCCc1ccc(N(c2cccc(N(c3ccccc3)c3ccccc3)c2)c2cc(C)cc(N(c3ccc(C(C)(C)C)cc3)c3ccc(C(C)(C)C)cc3)c2Cl)cc1.Cc1cc(Cl)c(Cl)c(N(c2ccccc2)c2cccc(N(c3ccccc3)c3ccccc3)c2)c1. The van der Waals surface area contributed by atoms with Crippen LogP contribution >= 0.6 is 34.8 Å². The van der Waals surface area contributed by atoms with Gasteiger partial charge in [-0.2, -0.15) is 0 Å². The molecule has 0 atom stereocenters. The van der Waals surface area contributed by atoms with Crippen LogP contribution in [0, 0.1) is 13.8 Å². The molecule has 0 aliphatic heterocycles. The molecule has 0 aromatic heterocycles. The molecule has 0 aliphatic carbocycles. The van der Waals surface area contributed by atoms with E-state index >= 15 is 0 Å². The average Bonchev–Trinajstić information content (AvgIpc) is 0.763. The number of hydrogen-bond acceptors (Lipinski definition) is 6. The van der Waals surface area contributed by atoms with Crippen LogP contribution in [-0.4, -0.2) is 0 Å². The highest BCUT2D eigenvalue weighted by Crippen LogP contribution is 2.51. The van der Waals surface area contributed by atoms with Crippen molar-refractivity contribution in [2.45, 2.75) is 158 Å². The first-order chi connectivity index (χ1) is 56.1. The Morgan fingerprint density at radius 3 is 0.821 bits per heavy atom. The van der Waals surface area contributed by atoms with Gasteiger partial charge in [-0.15, -0.1) is 0 Å². The molecule has 0 fully saturated rings. The van der Waals surface area contributed by atoms with E-state index in [1.807, 2.05) is 43.3 Å². The van der Waals surface area contributed by atoms with Gasteiger partial charge >= 0.3 is 0 Å². The molecule has 0 unspecified atom stereocenters. The molecule has 117 heavy (non-hydrogen) atoms. The first-order valence-corrected chi connectivity index (χ1v) is 42.2. The molecule has 14 rings (SSSR count). The summed E-state index contributed by atoms with van der Waals surface area (Å²) in [4.78, 5) is 11.4. The zero-order chi connectivity index (χ0) is 83.0. The van der Waals surface area contributed by atoms with Crippen molar-refractivity contribution in [1.29, 1.82) is 0 Å². The number of halogens is 3. The Kier molecular flexibility index (Phi) is 27.8. The molecule has 0 radical (unpaired) electrons. The Morgan fingerprint density at radius 2 is 0.504 bits per heavy atom. The molecule has 0 aliphatic rings. The first kappa shape index (κ1) is 85.1. The summed E-state index contributed by atoms with van der Waals surface area (Å²) < 4.78 is 0. The van der Waals surface area contributed by atoms with Gasteiger partial charge in [0.15, 0.2) is 0 Å². The maximum atomic E-state index is 7.91. The van der Waals surface area contributed by atoms with E-state index in [4.69, 9.17) is 34.8 Å². The van der Waals surface area contributed by atoms with Crippen molar-refractivity contribution in [3.05, 3.63) is 400 Å². The second-order valence-electron chi connectivity index (χ2n) is 34.4. The second-order valence-corrected chi connectivity index (χ2v) is 35.6. The number of benzene rings is 14. The van der Waals surface area contributed by atoms with Gasteiger partial charge in [0.05, 0.1) is 32.1 Å². The summed E-state index contributed by atoms with van der Waals surface area (Å²) in [5.41, 5.74) is 26.8. The van der Waals surface area contributed by atoms with Crippen molar-refractivity contribution in [3.8, 4) is 0 Å². The summed E-state index contributed by atoms with van der Waals surface area (Å²) in [6.45, 7) is 33.4. The van der Waals surface area contributed by atoms with Gasteiger partial charge in [0.1, 0.15) is 0 Å². The zero-order valence-electron chi connectivity index (χ0n) is 70.8. The molecule has 14 aromatic rings. The molecule has 0 spiro atoms. The van der Waals surface area contributed by atoms with E-state index in [0.717, 1.165) is 114 Å². The summed E-state index contributed by atoms with van der Waals surface area (Å²) >= 11 is 21.2. The van der Waals surface area contributed by atoms with Crippen LogP contribution < -0.4 is 29.8 Å². The second kappa shape index (κ2) is 38.2. The van der Waals surface area contributed by atoms with Crippen molar-refractivity contribution >= 4 is 131 Å². The number of anilines is 17. The molecular formula is C108H113Cl3N6. The van der Waals surface area contributed by atoms with Gasteiger partial charge in [0.2, 0.25) is 0 Å². The van der Waals surface area contributed by atoms with E-state index in [-0.39, 0.29) is 21.7 Å². The average molecular weight is 1600 g/mol.